The van der Waals surface area contributed by atoms with E-state index in [2.05, 4.69) is 31.5 Å². The van der Waals surface area contributed by atoms with Crippen molar-refractivity contribution in [2.75, 3.05) is 43.1 Å². The van der Waals surface area contributed by atoms with Gasteiger partial charge in [0, 0.05) is 43.9 Å². The molecule has 2 fully saturated rings. The molecule has 3 aliphatic heterocycles. The van der Waals surface area contributed by atoms with E-state index in [1.807, 2.05) is 0 Å². The Morgan fingerprint density at radius 3 is 2.52 bits per heavy atom. The third-order valence-corrected chi connectivity index (χ3v) is 10.6. The molecule has 22 nitrogen and oxygen atoms in total. The third-order valence-electron chi connectivity index (χ3n) is 8.15. The number of likely N-dealkylation sites (N-methyl/N-ethyl adjacent to an activating group) is 1. The van der Waals surface area contributed by atoms with Crippen molar-refractivity contribution in [2.45, 2.75) is 35.6 Å². The second-order valence-electron chi connectivity index (χ2n) is 11.5. The van der Waals surface area contributed by atoms with Crippen molar-refractivity contribution >= 4 is 106 Å². The fourth-order valence-electron chi connectivity index (χ4n) is 5.38. The number of nitrogens with two attached hydrogens (primary N) is 1. The van der Waals surface area contributed by atoms with Crippen molar-refractivity contribution in [3.63, 3.8) is 0 Å². The summed E-state index contributed by atoms with van der Waals surface area (Å²) < 4.78 is 6.23. The second-order valence-corrected chi connectivity index (χ2v) is 13.6. The molecule has 0 unspecified atom stereocenters. The number of rotatable bonds is 13. The molecule has 25 heteroatoms. The maximum absolute atomic E-state index is 13.9. The molecule has 2 aromatic rings. The van der Waals surface area contributed by atoms with Gasteiger partial charge in [0.15, 0.2) is 0 Å². The molecule has 4 heterocycles. The standard InChI is InChI=1S/C29H33N11O11S2.Na.H/c1-3-38-7-8-39(23(44)22(38)43)27(49)33-17(13-5-4-6-15(9-13)31-29(50)51-10-16(30)25(45)46)20(41)32-18-21(42)40-19(26(47)48)14(11-52-24(18)40)12-53-28-34-35-36-37(28)2;;/h4-6,9,16-18,24H,3,7-8,10-12,30H2,1-2H3,(H,31,50)(H,32,41)(H,33,49)(H,45,46)(H,47,48);;/t16-,17-,18-,24-;;/m1../s1. The molecule has 7 N–H and O–H groups in total. The first kappa shape index (κ1) is 42.0. The van der Waals surface area contributed by atoms with Crippen LogP contribution < -0.4 is 21.7 Å². The molecule has 0 spiro atoms. The minimum atomic E-state index is -1.62. The number of aromatic nitrogens is 4. The predicted octanol–water partition coefficient (Wildman–Crippen LogP) is -2.51. The van der Waals surface area contributed by atoms with Gasteiger partial charge in [-0.2, -0.15) is 0 Å². The number of fused-ring (bicyclic) bond motifs is 1. The van der Waals surface area contributed by atoms with Crippen LogP contribution in [-0.2, 0) is 40.6 Å². The van der Waals surface area contributed by atoms with E-state index in [1.165, 1.54) is 57.4 Å². The zero-order chi connectivity index (χ0) is 38.6. The number of ether oxygens (including phenoxy) is 1. The first-order chi connectivity index (χ1) is 25.2. The Kier molecular flexibility index (Phi) is 14.0. The zero-order valence-corrected chi connectivity index (χ0v) is 29.6. The molecular weight excluding hydrogens is 766 g/mol. The molecule has 1 aromatic heterocycles. The van der Waals surface area contributed by atoms with E-state index in [9.17, 15) is 43.5 Å². The molecule has 5 rings (SSSR count). The number of aliphatic carboxylic acids is 2. The number of carboxylic acids is 2. The number of piperazine rings is 1. The van der Waals surface area contributed by atoms with Crippen molar-refractivity contribution in [1.29, 1.82) is 0 Å². The van der Waals surface area contributed by atoms with E-state index in [0.29, 0.717) is 15.6 Å². The second kappa shape index (κ2) is 18.1. The van der Waals surface area contributed by atoms with Crippen molar-refractivity contribution in [2.24, 2.45) is 12.8 Å². The number of benzene rings is 1. The van der Waals surface area contributed by atoms with Gasteiger partial charge in [-0.05, 0) is 40.6 Å². The van der Waals surface area contributed by atoms with E-state index < -0.39 is 77.8 Å². The number of hydrogen-bond acceptors (Lipinski definition) is 15. The first-order valence-corrected chi connectivity index (χ1v) is 17.7. The van der Waals surface area contributed by atoms with Crippen molar-refractivity contribution in [3.8, 4) is 0 Å². The minimum absolute atomic E-state index is 0. The van der Waals surface area contributed by atoms with E-state index in [4.69, 9.17) is 15.6 Å². The quantitative estimate of drug-likeness (QED) is 0.0528. The van der Waals surface area contributed by atoms with E-state index in [0.717, 1.165) is 4.90 Å². The Hall–Kier alpha value is -4.75. The summed E-state index contributed by atoms with van der Waals surface area (Å²) in [5, 5.41) is 37.1. The number of carboxylic acid groups (broad SMARTS) is 2. The van der Waals surface area contributed by atoms with Gasteiger partial charge in [-0.3, -0.25) is 39.1 Å². The zero-order valence-electron chi connectivity index (χ0n) is 28.0. The summed E-state index contributed by atoms with van der Waals surface area (Å²) in [6.07, 6.45) is -1.08. The molecule has 7 amide bonds. The summed E-state index contributed by atoms with van der Waals surface area (Å²) in [5.74, 6) is -6.07. The van der Waals surface area contributed by atoms with Crippen LogP contribution in [0.3, 0.4) is 0 Å². The number of nitrogens with zero attached hydrogens (tertiary/aromatic N) is 7. The number of nitrogens with one attached hydrogen (secondary N) is 3. The van der Waals surface area contributed by atoms with Crippen LogP contribution in [0.2, 0.25) is 0 Å². The number of carbonyl (C=O) groups excluding carboxylic acids is 6. The summed E-state index contributed by atoms with van der Waals surface area (Å²) in [6.45, 7) is 1.14. The van der Waals surface area contributed by atoms with Crippen LogP contribution in [0.25, 0.3) is 0 Å². The fraction of sp³-hybridized carbons (Fsp3) is 0.414. The Labute approximate surface area is 336 Å². The van der Waals surface area contributed by atoms with Crippen LogP contribution in [0.5, 0.6) is 0 Å². The van der Waals surface area contributed by atoms with Gasteiger partial charge in [-0.1, -0.05) is 23.9 Å². The molecule has 3 aliphatic rings. The number of tetrazole rings is 1. The SMILES string of the molecule is CCN1CCN(C(=O)N[C@@H](C(=O)N[C@@H]2C(=O)N3C(C(=O)O)=C(CSc4nnnn4C)CS[C@H]23)c2cccc(NC(=O)OC[C@@H](N)C(=O)O)c2)C(=O)C1=O.[NaH]. The molecule has 1 aromatic carbocycles. The number of urea groups is 1. The van der Waals surface area contributed by atoms with Gasteiger partial charge in [-0.15, -0.1) is 16.9 Å². The van der Waals surface area contributed by atoms with Crippen LogP contribution in [0, 0.1) is 0 Å². The summed E-state index contributed by atoms with van der Waals surface area (Å²) >= 11 is 2.39. The Morgan fingerprint density at radius 2 is 1.87 bits per heavy atom. The Bertz CT molecular complexity index is 1900. The number of carbonyl (C=O) groups is 8. The average molecular weight is 800 g/mol. The van der Waals surface area contributed by atoms with E-state index in [-0.39, 0.29) is 77.6 Å². The van der Waals surface area contributed by atoms with Crippen LogP contribution in [0.4, 0.5) is 15.3 Å². The van der Waals surface area contributed by atoms with Gasteiger partial charge in [0.05, 0.1) is 0 Å². The van der Waals surface area contributed by atoms with E-state index in [1.54, 1.807) is 14.0 Å². The monoisotopic (exact) mass is 799 g/mol. The molecule has 0 saturated carbocycles. The van der Waals surface area contributed by atoms with Gasteiger partial charge >= 0.3 is 65.4 Å². The summed E-state index contributed by atoms with van der Waals surface area (Å²) in [6, 6.07) is 0.0624. The van der Waals surface area contributed by atoms with Crippen LogP contribution in [0.1, 0.15) is 18.5 Å². The van der Waals surface area contributed by atoms with Crippen molar-refractivity contribution in [1.82, 2.24) is 45.5 Å². The van der Waals surface area contributed by atoms with Gasteiger partial charge in [-0.25, -0.2) is 19.1 Å². The number of aryl methyl sites for hydroxylation is 1. The van der Waals surface area contributed by atoms with Gasteiger partial charge in [0.25, 0.3) is 5.91 Å². The Balaban J connectivity index is 0.00000650. The average Bonchev–Trinajstić information content (AvgIpc) is 3.55. The topological polar surface area (TPSA) is 302 Å². The number of β-lactam (4-membered cyclic amide) rings is 1. The molecule has 4 atom stereocenters. The fourth-order valence-corrected chi connectivity index (χ4v) is 7.72. The van der Waals surface area contributed by atoms with Crippen molar-refractivity contribution in [3.05, 3.63) is 41.1 Å². The normalized spacial score (nSPS) is 19.2. The van der Waals surface area contributed by atoms with Crippen LogP contribution >= 0.6 is 23.5 Å². The Morgan fingerprint density at radius 1 is 1.13 bits per heavy atom. The molecule has 0 radical (unpaired) electrons. The van der Waals surface area contributed by atoms with Crippen molar-refractivity contribution < 1.29 is 53.3 Å². The maximum atomic E-state index is 13.9. The van der Waals surface area contributed by atoms with E-state index >= 15 is 0 Å². The summed E-state index contributed by atoms with van der Waals surface area (Å²) in [7, 11) is 1.62. The number of anilines is 1. The molecule has 284 valence electrons. The number of hydrogen-bond donors (Lipinski definition) is 6. The summed E-state index contributed by atoms with van der Waals surface area (Å²) in [5.41, 5.74) is 5.65. The van der Waals surface area contributed by atoms with Gasteiger partial charge < -0.3 is 36.2 Å². The molecule has 0 bridgehead atoms. The predicted molar refractivity (Wildman–Crippen MR) is 189 cm³/mol. The summed E-state index contributed by atoms with van der Waals surface area (Å²) in [4.78, 5) is 105. The molecular formula is C29H34N11NaO11S2. The van der Waals surface area contributed by atoms with Gasteiger partial charge in [0.1, 0.15) is 35.8 Å². The number of thioether (sulfide) groups is 2. The molecule has 2 saturated heterocycles. The molecule has 54 heavy (non-hydrogen) atoms. The third kappa shape index (κ3) is 9.12. The number of amides is 7. The van der Waals surface area contributed by atoms with Crippen LogP contribution in [0.15, 0.2) is 40.7 Å². The first-order valence-electron chi connectivity index (χ1n) is 15.7. The molecule has 0 aliphatic carbocycles. The number of imide groups is 1. The van der Waals surface area contributed by atoms with Crippen LogP contribution in [-0.4, -0.2) is 178 Å². The van der Waals surface area contributed by atoms with Gasteiger partial charge in [0.2, 0.25) is 11.1 Å².